The van der Waals surface area contributed by atoms with Gasteiger partial charge in [0.05, 0.1) is 13.3 Å². The van der Waals surface area contributed by atoms with E-state index in [0.717, 1.165) is 31.0 Å². The maximum absolute atomic E-state index is 14.6. The second-order valence-corrected chi connectivity index (χ2v) is 9.82. The number of hydrogen-bond donors (Lipinski definition) is 2. The molecule has 1 atom stereocenters. The number of amides is 1. The molecule has 2 aromatic rings. The Morgan fingerprint density at radius 2 is 2.24 bits per heavy atom. The number of hydrogen-bond acceptors (Lipinski definition) is 6. The molecule has 37 heavy (non-hydrogen) atoms. The van der Waals surface area contributed by atoms with Crippen LogP contribution in [0.3, 0.4) is 0 Å². The van der Waals surface area contributed by atoms with Gasteiger partial charge in [-0.1, -0.05) is 31.5 Å². The number of benzene rings is 1. The van der Waals surface area contributed by atoms with Crippen molar-refractivity contribution >= 4 is 34.7 Å². The van der Waals surface area contributed by atoms with E-state index in [9.17, 15) is 9.18 Å². The number of anilines is 1. The number of carbonyl (C=O) groups is 1. The molecule has 2 N–H and O–H groups in total. The summed E-state index contributed by atoms with van der Waals surface area (Å²) in [5.74, 6) is 1.46. The van der Waals surface area contributed by atoms with Gasteiger partial charge < -0.3 is 20.3 Å². The van der Waals surface area contributed by atoms with Crippen molar-refractivity contribution in [3.8, 4) is 5.75 Å². The molecular formula is C27H32ClFN6O2. The number of allylic oxidation sites excluding steroid dienone is 1. The average molecular weight is 527 g/mol. The lowest BCUT2D eigenvalue weighted by Crippen LogP contribution is -2.47. The van der Waals surface area contributed by atoms with Crippen LogP contribution in [-0.4, -0.2) is 52.9 Å². The third-order valence-corrected chi connectivity index (χ3v) is 6.94. The fourth-order valence-electron chi connectivity index (χ4n) is 4.23. The van der Waals surface area contributed by atoms with Gasteiger partial charge in [-0.3, -0.25) is 4.79 Å². The molecule has 10 heteroatoms. The number of methoxy groups -OCH3 is 1. The number of ether oxygens (including phenoxy) is 1. The first-order valence-corrected chi connectivity index (χ1v) is 12.8. The summed E-state index contributed by atoms with van der Waals surface area (Å²) >= 11 is 6.17. The van der Waals surface area contributed by atoms with Crippen LogP contribution in [0.15, 0.2) is 52.9 Å². The first kappa shape index (κ1) is 26.6. The maximum Gasteiger partial charge on any atom is 0.254 e. The van der Waals surface area contributed by atoms with Crippen molar-refractivity contribution in [3.05, 3.63) is 65.1 Å². The fraction of sp³-hybridized carbons (Fsp3) is 0.407. The Morgan fingerprint density at radius 3 is 3.03 bits per heavy atom. The minimum absolute atomic E-state index is 0.0603. The lowest BCUT2D eigenvalue weighted by atomic mass is 10.0. The molecule has 1 aromatic heterocycles. The van der Waals surface area contributed by atoms with Crippen molar-refractivity contribution < 1.29 is 13.9 Å². The molecule has 4 rings (SSSR count). The Hall–Kier alpha value is -3.46. The molecule has 3 heterocycles. The molecule has 0 saturated carbocycles. The molecule has 2 aliphatic rings. The van der Waals surface area contributed by atoms with E-state index in [1.165, 1.54) is 0 Å². The molecule has 0 aliphatic carbocycles. The van der Waals surface area contributed by atoms with Crippen molar-refractivity contribution in [1.29, 1.82) is 0 Å². The van der Waals surface area contributed by atoms with Crippen LogP contribution in [-0.2, 0) is 0 Å². The number of halogens is 2. The summed E-state index contributed by atoms with van der Waals surface area (Å²) in [5, 5.41) is 6.88. The number of piperidine rings is 1. The lowest BCUT2D eigenvalue weighted by molar-refractivity contribution is 0.0628. The Bertz CT molecular complexity index is 1230. The van der Waals surface area contributed by atoms with Crippen LogP contribution in [0.2, 0.25) is 0 Å². The van der Waals surface area contributed by atoms with E-state index in [-0.39, 0.29) is 23.7 Å². The molecule has 0 bridgehead atoms. The molecule has 1 aromatic carbocycles. The van der Waals surface area contributed by atoms with Gasteiger partial charge in [0.15, 0.2) is 17.5 Å². The highest BCUT2D eigenvalue weighted by molar-refractivity contribution is 6.29. The van der Waals surface area contributed by atoms with E-state index in [1.54, 1.807) is 37.7 Å². The first-order valence-electron chi connectivity index (χ1n) is 12.4. The maximum atomic E-state index is 14.6. The predicted molar refractivity (Wildman–Crippen MR) is 144 cm³/mol. The topological polar surface area (TPSA) is 91.7 Å². The zero-order chi connectivity index (χ0) is 26.4. The van der Waals surface area contributed by atoms with Crippen LogP contribution in [0.5, 0.6) is 5.75 Å². The minimum atomic E-state index is -0.544. The molecule has 1 fully saturated rings. The Balaban J connectivity index is 1.43. The van der Waals surface area contributed by atoms with Crippen molar-refractivity contribution in [3.63, 3.8) is 0 Å². The quantitative estimate of drug-likeness (QED) is 0.491. The highest BCUT2D eigenvalue weighted by atomic mass is 35.5. The minimum Gasteiger partial charge on any atom is -0.497 e. The van der Waals surface area contributed by atoms with Crippen molar-refractivity contribution in [2.24, 2.45) is 10.9 Å². The second kappa shape index (κ2) is 12.2. The molecule has 2 aliphatic heterocycles. The zero-order valence-electron chi connectivity index (χ0n) is 21.3. The van der Waals surface area contributed by atoms with E-state index < -0.39 is 5.82 Å². The van der Waals surface area contributed by atoms with Gasteiger partial charge in [0.2, 0.25) is 0 Å². The fourth-order valence-corrected chi connectivity index (χ4v) is 4.28. The zero-order valence-corrected chi connectivity index (χ0v) is 22.1. The largest absolute Gasteiger partial charge is 0.497 e. The smallest absolute Gasteiger partial charge is 0.254 e. The highest BCUT2D eigenvalue weighted by Gasteiger charge is 2.28. The molecular weight excluding hydrogens is 495 g/mol. The van der Waals surface area contributed by atoms with Crippen LogP contribution in [0.25, 0.3) is 5.57 Å². The molecule has 1 amide bonds. The Labute approximate surface area is 221 Å². The Kier molecular flexibility index (Phi) is 8.76. The highest BCUT2D eigenvalue weighted by Crippen LogP contribution is 2.24. The standard InChI is InChI=1S/C27H32ClFN6O2/c1-17(2)22(28)15-31-24-12-19(13-30-24)25-33-16-23(29)26(34-25)32-14-20-8-4-5-10-35(20)27(36)18-7-6-9-21(11-18)37-3/h6-7,9,11,13,15-17,20H,4-5,8,10,12,14H2,1-3H3,(H,30,31)(H,32,33,34)/b22-15+/t20-/m1/s1. The molecule has 196 valence electrons. The number of nitrogens with zero attached hydrogens (tertiary/aromatic N) is 4. The van der Waals surface area contributed by atoms with Crippen LogP contribution in [0, 0.1) is 11.7 Å². The van der Waals surface area contributed by atoms with Gasteiger partial charge in [-0.05, 0) is 43.4 Å². The average Bonchev–Trinajstić information content (AvgIpc) is 3.40. The molecule has 0 unspecified atom stereocenters. The third-order valence-electron chi connectivity index (χ3n) is 6.41. The lowest BCUT2D eigenvalue weighted by Gasteiger charge is -2.36. The van der Waals surface area contributed by atoms with Crippen molar-refractivity contribution in [2.45, 2.75) is 45.6 Å². The van der Waals surface area contributed by atoms with Crippen molar-refractivity contribution in [1.82, 2.24) is 20.2 Å². The summed E-state index contributed by atoms with van der Waals surface area (Å²) in [6, 6.07) is 7.05. The number of rotatable bonds is 8. The molecule has 1 saturated heterocycles. The van der Waals surface area contributed by atoms with Gasteiger partial charge in [0.1, 0.15) is 11.6 Å². The van der Waals surface area contributed by atoms with E-state index in [4.69, 9.17) is 16.3 Å². The number of likely N-dealkylation sites (tertiary alicyclic amines) is 1. The van der Waals surface area contributed by atoms with Crippen molar-refractivity contribution in [2.75, 3.05) is 25.5 Å². The van der Waals surface area contributed by atoms with Gasteiger partial charge in [0, 0.05) is 54.1 Å². The summed E-state index contributed by atoms with van der Waals surface area (Å²) in [6.45, 7) is 5.02. The molecule has 8 nitrogen and oxygen atoms in total. The SMILES string of the molecule is COc1cccc(C(=O)N2CCCC[C@@H]2CNc2nc(C3=CN/C(=N/C=C(/Cl)C(C)C)C3)ncc2F)c1. The van der Waals surface area contributed by atoms with Gasteiger partial charge >= 0.3 is 0 Å². The monoisotopic (exact) mass is 526 g/mol. The summed E-state index contributed by atoms with van der Waals surface area (Å²) < 4.78 is 19.9. The van der Waals surface area contributed by atoms with Crippen LogP contribution >= 0.6 is 11.6 Å². The number of aliphatic imine (C=N–C) groups is 1. The van der Waals surface area contributed by atoms with Gasteiger partial charge in [-0.25, -0.2) is 19.4 Å². The summed E-state index contributed by atoms with van der Waals surface area (Å²) in [6.07, 6.45) is 7.80. The van der Waals surface area contributed by atoms with Gasteiger partial charge in [-0.15, -0.1) is 0 Å². The van der Waals surface area contributed by atoms with E-state index >= 15 is 0 Å². The molecule has 0 spiro atoms. The Morgan fingerprint density at radius 1 is 1.41 bits per heavy atom. The van der Waals surface area contributed by atoms with Gasteiger partial charge in [-0.2, -0.15) is 0 Å². The van der Waals surface area contributed by atoms with Crippen LogP contribution in [0.1, 0.15) is 55.7 Å². The number of carbonyl (C=O) groups excluding carboxylic acids is 1. The van der Waals surface area contributed by atoms with Crippen LogP contribution < -0.4 is 15.4 Å². The number of nitrogens with one attached hydrogen (secondary N) is 2. The van der Waals surface area contributed by atoms with E-state index in [2.05, 4.69) is 25.6 Å². The summed E-state index contributed by atoms with van der Waals surface area (Å²) in [4.78, 5) is 28.1. The van der Waals surface area contributed by atoms with Crippen LogP contribution in [0.4, 0.5) is 10.2 Å². The molecule has 0 radical (unpaired) electrons. The second-order valence-electron chi connectivity index (χ2n) is 9.39. The first-order chi connectivity index (χ1) is 17.9. The third kappa shape index (κ3) is 6.65. The predicted octanol–water partition coefficient (Wildman–Crippen LogP) is 5.20. The van der Waals surface area contributed by atoms with E-state index in [0.29, 0.717) is 47.5 Å². The normalized spacial score (nSPS) is 19.1. The number of amidine groups is 1. The summed E-state index contributed by atoms with van der Waals surface area (Å²) in [5.41, 5.74) is 1.37. The van der Waals surface area contributed by atoms with Gasteiger partial charge in [0.25, 0.3) is 5.91 Å². The summed E-state index contributed by atoms with van der Waals surface area (Å²) in [7, 11) is 1.58. The van der Waals surface area contributed by atoms with E-state index in [1.807, 2.05) is 24.8 Å². The number of aromatic nitrogens is 2.